The SMILES string of the molecule is FC(F)(F)c1ccc2c(c1)oc1ccccc12. The smallest absolute Gasteiger partial charge is 0.416 e. The maximum absolute atomic E-state index is 12.5. The fourth-order valence-corrected chi connectivity index (χ4v) is 1.90. The molecule has 86 valence electrons. The topological polar surface area (TPSA) is 13.1 Å². The van der Waals surface area contributed by atoms with Gasteiger partial charge in [-0.25, -0.2) is 0 Å². The first-order valence-electron chi connectivity index (χ1n) is 5.04. The minimum absolute atomic E-state index is 0.265. The summed E-state index contributed by atoms with van der Waals surface area (Å²) >= 11 is 0. The average Bonchev–Trinajstić information content (AvgIpc) is 2.65. The normalized spacial score (nSPS) is 12.4. The molecule has 0 unspecified atom stereocenters. The lowest BCUT2D eigenvalue weighted by atomic mass is 10.1. The first-order valence-corrected chi connectivity index (χ1v) is 5.04. The summed E-state index contributed by atoms with van der Waals surface area (Å²) in [5, 5.41) is 1.53. The summed E-state index contributed by atoms with van der Waals surface area (Å²) < 4.78 is 43.0. The highest BCUT2D eigenvalue weighted by Crippen LogP contribution is 2.34. The van der Waals surface area contributed by atoms with Crippen LogP contribution in [0.15, 0.2) is 46.9 Å². The third-order valence-corrected chi connectivity index (χ3v) is 2.71. The van der Waals surface area contributed by atoms with Crippen LogP contribution in [-0.4, -0.2) is 0 Å². The summed E-state index contributed by atoms with van der Waals surface area (Å²) in [4.78, 5) is 0. The van der Waals surface area contributed by atoms with Crippen LogP contribution in [0.5, 0.6) is 0 Å². The number of halogens is 3. The molecule has 3 aromatic rings. The Morgan fingerprint density at radius 1 is 0.824 bits per heavy atom. The second-order valence-corrected chi connectivity index (χ2v) is 3.81. The van der Waals surface area contributed by atoms with Gasteiger partial charge in [-0.2, -0.15) is 13.2 Å². The molecule has 4 heteroatoms. The fraction of sp³-hybridized carbons (Fsp3) is 0.0769. The molecule has 1 aromatic heterocycles. The maximum Gasteiger partial charge on any atom is 0.416 e. The van der Waals surface area contributed by atoms with Crippen LogP contribution in [0, 0.1) is 0 Å². The largest absolute Gasteiger partial charge is 0.456 e. The minimum atomic E-state index is -4.34. The van der Waals surface area contributed by atoms with Crippen LogP contribution in [-0.2, 0) is 6.18 Å². The van der Waals surface area contributed by atoms with Crippen molar-refractivity contribution in [1.29, 1.82) is 0 Å². The van der Waals surface area contributed by atoms with E-state index in [1.165, 1.54) is 6.07 Å². The molecular formula is C13H7F3O. The quantitative estimate of drug-likeness (QED) is 0.555. The molecule has 0 aliphatic carbocycles. The Morgan fingerprint density at radius 2 is 1.53 bits per heavy atom. The van der Waals surface area contributed by atoms with Gasteiger partial charge < -0.3 is 4.42 Å². The van der Waals surface area contributed by atoms with Gasteiger partial charge in [-0.3, -0.25) is 0 Å². The zero-order valence-electron chi connectivity index (χ0n) is 8.58. The van der Waals surface area contributed by atoms with Crippen molar-refractivity contribution >= 4 is 21.9 Å². The van der Waals surface area contributed by atoms with Crippen LogP contribution in [0.2, 0.25) is 0 Å². The third kappa shape index (κ3) is 1.56. The van der Waals surface area contributed by atoms with Crippen molar-refractivity contribution in [3.8, 4) is 0 Å². The van der Waals surface area contributed by atoms with Crippen molar-refractivity contribution in [1.82, 2.24) is 0 Å². The first-order chi connectivity index (χ1) is 8.05. The van der Waals surface area contributed by atoms with E-state index in [1.807, 2.05) is 12.1 Å². The van der Waals surface area contributed by atoms with Gasteiger partial charge in [0.25, 0.3) is 0 Å². The van der Waals surface area contributed by atoms with Crippen LogP contribution >= 0.6 is 0 Å². The van der Waals surface area contributed by atoms with Crippen LogP contribution < -0.4 is 0 Å². The molecule has 0 bridgehead atoms. The summed E-state index contributed by atoms with van der Waals surface area (Å²) in [6, 6.07) is 10.7. The lowest BCUT2D eigenvalue weighted by Crippen LogP contribution is -2.03. The van der Waals surface area contributed by atoms with Gasteiger partial charge in [-0.1, -0.05) is 18.2 Å². The molecular weight excluding hydrogens is 229 g/mol. The molecule has 0 atom stereocenters. The monoisotopic (exact) mass is 236 g/mol. The Morgan fingerprint density at radius 3 is 2.29 bits per heavy atom. The molecule has 0 aliphatic rings. The van der Waals surface area contributed by atoms with Crippen LogP contribution in [0.4, 0.5) is 13.2 Å². The van der Waals surface area contributed by atoms with E-state index in [2.05, 4.69) is 0 Å². The molecule has 1 heterocycles. The molecule has 0 aliphatic heterocycles. The lowest BCUT2D eigenvalue weighted by molar-refractivity contribution is -0.137. The number of hydrogen-bond donors (Lipinski definition) is 0. The highest BCUT2D eigenvalue weighted by molar-refractivity contribution is 6.04. The maximum atomic E-state index is 12.5. The van der Waals surface area contributed by atoms with Crippen LogP contribution in [0.3, 0.4) is 0 Å². The highest BCUT2D eigenvalue weighted by atomic mass is 19.4. The number of fused-ring (bicyclic) bond motifs is 3. The molecule has 1 nitrogen and oxygen atoms in total. The van der Waals surface area contributed by atoms with Crippen molar-refractivity contribution in [3.63, 3.8) is 0 Å². The van der Waals surface area contributed by atoms with E-state index in [9.17, 15) is 13.2 Å². The van der Waals surface area contributed by atoms with E-state index in [1.54, 1.807) is 12.1 Å². The molecule has 3 rings (SSSR count). The molecule has 17 heavy (non-hydrogen) atoms. The first kappa shape index (κ1) is 10.2. The number of furan rings is 1. The summed E-state index contributed by atoms with van der Waals surface area (Å²) in [5.41, 5.74) is 0.173. The van der Waals surface area contributed by atoms with E-state index < -0.39 is 11.7 Å². The standard InChI is InChI=1S/C13H7F3O/c14-13(15,16)8-5-6-10-9-3-1-2-4-11(9)17-12(10)7-8/h1-7H. The van der Waals surface area contributed by atoms with Crippen molar-refractivity contribution in [3.05, 3.63) is 48.0 Å². The Bertz CT molecular complexity index is 695. The molecule has 0 saturated heterocycles. The summed E-state index contributed by atoms with van der Waals surface area (Å²) in [7, 11) is 0. The molecule has 0 spiro atoms. The zero-order valence-corrected chi connectivity index (χ0v) is 8.58. The van der Waals surface area contributed by atoms with Crippen molar-refractivity contribution in [2.24, 2.45) is 0 Å². The van der Waals surface area contributed by atoms with E-state index in [4.69, 9.17) is 4.42 Å². The predicted molar refractivity (Wildman–Crippen MR) is 58.7 cm³/mol. The zero-order chi connectivity index (χ0) is 12.0. The van der Waals surface area contributed by atoms with Crippen LogP contribution in [0.1, 0.15) is 5.56 Å². The van der Waals surface area contributed by atoms with Gasteiger partial charge in [0.15, 0.2) is 0 Å². The Hall–Kier alpha value is -1.97. The average molecular weight is 236 g/mol. The highest BCUT2D eigenvalue weighted by Gasteiger charge is 2.31. The van der Waals surface area contributed by atoms with Crippen molar-refractivity contribution < 1.29 is 17.6 Å². The third-order valence-electron chi connectivity index (χ3n) is 2.71. The van der Waals surface area contributed by atoms with E-state index in [0.717, 1.165) is 17.5 Å². The second-order valence-electron chi connectivity index (χ2n) is 3.81. The molecule has 0 amide bonds. The molecule has 0 saturated carbocycles. The summed E-state index contributed by atoms with van der Waals surface area (Å²) in [5.74, 6) is 0. The van der Waals surface area contributed by atoms with Gasteiger partial charge in [-0.15, -0.1) is 0 Å². The molecule has 0 fully saturated rings. The summed E-state index contributed by atoms with van der Waals surface area (Å²) in [6.07, 6.45) is -4.34. The Kier molecular flexibility index (Phi) is 1.96. The number of para-hydroxylation sites is 1. The van der Waals surface area contributed by atoms with Gasteiger partial charge in [0.1, 0.15) is 11.2 Å². The minimum Gasteiger partial charge on any atom is -0.456 e. The summed E-state index contributed by atoms with van der Waals surface area (Å²) in [6.45, 7) is 0. The number of alkyl halides is 3. The van der Waals surface area contributed by atoms with Crippen molar-refractivity contribution in [2.45, 2.75) is 6.18 Å². The Balaban J connectivity index is 2.34. The molecule has 0 radical (unpaired) electrons. The van der Waals surface area contributed by atoms with Crippen LogP contribution in [0.25, 0.3) is 21.9 Å². The lowest BCUT2D eigenvalue weighted by Gasteiger charge is -2.05. The van der Waals surface area contributed by atoms with Gasteiger partial charge in [-0.05, 0) is 24.3 Å². The van der Waals surface area contributed by atoms with E-state index in [0.29, 0.717) is 11.0 Å². The molecule has 0 N–H and O–H groups in total. The van der Waals surface area contributed by atoms with E-state index >= 15 is 0 Å². The number of benzene rings is 2. The fourth-order valence-electron chi connectivity index (χ4n) is 1.90. The van der Waals surface area contributed by atoms with Gasteiger partial charge >= 0.3 is 6.18 Å². The number of hydrogen-bond acceptors (Lipinski definition) is 1. The molecule has 2 aromatic carbocycles. The van der Waals surface area contributed by atoms with Gasteiger partial charge in [0.05, 0.1) is 5.56 Å². The van der Waals surface area contributed by atoms with Gasteiger partial charge in [0.2, 0.25) is 0 Å². The van der Waals surface area contributed by atoms with Gasteiger partial charge in [0, 0.05) is 10.8 Å². The number of rotatable bonds is 0. The Labute approximate surface area is 94.5 Å². The predicted octanol–water partition coefficient (Wildman–Crippen LogP) is 4.60. The second kappa shape index (κ2) is 3.26. The van der Waals surface area contributed by atoms with Crippen molar-refractivity contribution in [2.75, 3.05) is 0 Å². The van der Waals surface area contributed by atoms with E-state index in [-0.39, 0.29) is 5.58 Å².